The van der Waals surface area contributed by atoms with Crippen LogP contribution in [0.3, 0.4) is 0 Å². The van der Waals surface area contributed by atoms with E-state index in [0.717, 1.165) is 28.1 Å². The lowest BCUT2D eigenvalue weighted by molar-refractivity contribution is 0.814. The average Bonchev–Trinajstić information content (AvgIpc) is 2.75. The Balaban J connectivity index is 1.74. The second-order valence-electron chi connectivity index (χ2n) is 6.79. The fourth-order valence-corrected chi connectivity index (χ4v) is 2.98. The Kier molecular flexibility index (Phi) is 5.11. The van der Waals surface area contributed by atoms with Crippen LogP contribution >= 0.6 is 0 Å². The van der Waals surface area contributed by atoms with Gasteiger partial charge in [-0.2, -0.15) is 0 Å². The molecule has 0 spiro atoms. The summed E-state index contributed by atoms with van der Waals surface area (Å²) in [5.41, 5.74) is 11.4. The van der Waals surface area contributed by atoms with Gasteiger partial charge in [-0.15, -0.1) is 0 Å². The van der Waals surface area contributed by atoms with Gasteiger partial charge in [0.2, 0.25) is 5.95 Å². The zero-order chi connectivity index (χ0) is 20.2. The molecule has 0 bridgehead atoms. The average molecular weight is 383 g/mol. The number of aryl methyl sites for hydroxylation is 1. The molecule has 0 aliphatic heterocycles. The van der Waals surface area contributed by atoms with Crippen LogP contribution in [-0.2, 0) is 0 Å². The number of anilines is 2. The van der Waals surface area contributed by atoms with E-state index < -0.39 is 0 Å². The van der Waals surface area contributed by atoms with E-state index in [1.165, 1.54) is 11.9 Å². The van der Waals surface area contributed by atoms with Crippen LogP contribution in [0.5, 0.6) is 0 Å². The Morgan fingerprint density at radius 1 is 0.897 bits per heavy atom. The fraction of sp³-hybridized carbons (Fsp3) is 0.136. The molecule has 7 nitrogen and oxygen atoms in total. The summed E-state index contributed by atoms with van der Waals surface area (Å²) in [6.45, 7) is 4.07. The first-order chi connectivity index (χ1) is 14.1. The van der Waals surface area contributed by atoms with Crippen molar-refractivity contribution in [3.63, 3.8) is 0 Å². The second-order valence-corrected chi connectivity index (χ2v) is 6.79. The third-order valence-electron chi connectivity index (χ3n) is 4.61. The maximum Gasteiger partial charge on any atom is 0.223 e. The predicted octanol–water partition coefficient (Wildman–Crippen LogP) is 4.06. The van der Waals surface area contributed by atoms with E-state index >= 15 is 0 Å². The van der Waals surface area contributed by atoms with Crippen LogP contribution in [0.15, 0.2) is 67.4 Å². The van der Waals surface area contributed by atoms with E-state index in [4.69, 9.17) is 10.7 Å². The number of nitrogen functional groups attached to an aromatic ring is 1. The molecule has 4 aromatic rings. The highest BCUT2D eigenvalue weighted by Gasteiger charge is 2.14. The lowest BCUT2D eigenvalue weighted by atomic mass is 10.0. The molecule has 29 heavy (non-hydrogen) atoms. The summed E-state index contributed by atoms with van der Waals surface area (Å²) < 4.78 is 0. The molecule has 3 N–H and O–H groups in total. The number of hydrogen-bond acceptors (Lipinski definition) is 7. The summed E-state index contributed by atoms with van der Waals surface area (Å²) in [6.07, 6.45) is 6.80. The van der Waals surface area contributed by atoms with Crippen LogP contribution in [0.4, 0.5) is 11.8 Å². The number of nitrogens with one attached hydrogen (secondary N) is 1. The molecule has 3 heterocycles. The maximum absolute atomic E-state index is 5.74. The number of rotatable bonds is 5. The first-order valence-corrected chi connectivity index (χ1v) is 9.28. The van der Waals surface area contributed by atoms with Crippen molar-refractivity contribution < 1.29 is 0 Å². The zero-order valence-corrected chi connectivity index (χ0v) is 16.2. The third-order valence-corrected chi connectivity index (χ3v) is 4.61. The van der Waals surface area contributed by atoms with E-state index in [2.05, 4.69) is 56.4 Å². The van der Waals surface area contributed by atoms with E-state index in [0.29, 0.717) is 11.8 Å². The number of benzene rings is 1. The first kappa shape index (κ1) is 18.5. The van der Waals surface area contributed by atoms with Crippen molar-refractivity contribution >= 4 is 11.8 Å². The molecule has 0 fully saturated rings. The van der Waals surface area contributed by atoms with Crippen molar-refractivity contribution in [2.75, 3.05) is 11.1 Å². The summed E-state index contributed by atoms with van der Waals surface area (Å²) in [4.78, 5) is 21.8. The highest BCUT2D eigenvalue weighted by Crippen LogP contribution is 2.31. The van der Waals surface area contributed by atoms with Gasteiger partial charge in [0, 0.05) is 35.3 Å². The largest absolute Gasteiger partial charge is 0.384 e. The van der Waals surface area contributed by atoms with E-state index in [-0.39, 0.29) is 6.04 Å². The molecule has 7 heteroatoms. The molecule has 0 saturated heterocycles. The summed E-state index contributed by atoms with van der Waals surface area (Å²) in [7, 11) is 0. The van der Waals surface area contributed by atoms with Gasteiger partial charge in [-0.3, -0.25) is 0 Å². The number of nitrogens with two attached hydrogens (primary N) is 1. The van der Waals surface area contributed by atoms with Crippen LogP contribution < -0.4 is 11.1 Å². The van der Waals surface area contributed by atoms with Crippen LogP contribution in [-0.4, -0.2) is 24.9 Å². The second kappa shape index (κ2) is 8.02. The molecule has 0 saturated carbocycles. The molecule has 4 rings (SSSR count). The molecular weight excluding hydrogens is 362 g/mol. The van der Waals surface area contributed by atoms with Crippen LogP contribution in [0.2, 0.25) is 0 Å². The van der Waals surface area contributed by atoms with E-state index in [9.17, 15) is 0 Å². The Morgan fingerprint density at radius 2 is 1.69 bits per heavy atom. The monoisotopic (exact) mass is 383 g/mol. The Hall–Kier alpha value is -3.87. The Bertz CT molecular complexity index is 1090. The smallest absolute Gasteiger partial charge is 0.223 e. The molecule has 1 atom stereocenters. The summed E-state index contributed by atoms with van der Waals surface area (Å²) in [5, 5.41) is 3.32. The number of pyridine rings is 1. The Morgan fingerprint density at radius 3 is 2.38 bits per heavy atom. The van der Waals surface area contributed by atoms with Gasteiger partial charge in [0.05, 0.1) is 17.4 Å². The van der Waals surface area contributed by atoms with Gasteiger partial charge in [0.1, 0.15) is 12.1 Å². The lowest BCUT2D eigenvalue weighted by Gasteiger charge is -2.15. The highest BCUT2D eigenvalue weighted by atomic mass is 15.1. The minimum Gasteiger partial charge on any atom is -0.384 e. The fourth-order valence-electron chi connectivity index (χ4n) is 2.98. The molecular formula is C22H21N7. The molecule has 0 radical (unpaired) electrons. The first-order valence-electron chi connectivity index (χ1n) is 9.28. The maximum atomic E-state index is 5.74. The van der Waals surface area contributed by atoms with Crippen LogP contribution in [0, 0.1) is 6.92 Å². The zero-order valence-electron chi connectivity index (χ0n) is 16.2. The number of aromatic nitrogens is 5. The Labute approximate surface area is 169 Å². The van der Waals surface area contributed by atoms with Crippen molar-refractivity contribution in [1.29, 1.82) is 0 Å². The number of hydrogen-bond donors (Lipinski definition) is 2. The summed E-state index contributed by atoms with van der Waals surface area (Å²) in [6, 6.07) is 13.8. The van der Waals surface area contributed by atoms with Crippen LogP contribution in [0.25, 0.3) is 22.4 Å². The minimum atomic E-state index is -0.0621. The normalized spacial score (nSPS) is 11.8. The summed E-state index contributed by atoms with van der Waals surface area (Å²) >= 11 is 0. The van der Waals surface area contributed by atoms with Gasteiger partial charge < -0.3 is 11.1 Å². The van der Waals surface area contributed by atoms with E-state index in [1.807, 2.05) is 25.3 Å². The third kappa shape index (κ3) is 4.19. The number of nitrogens with zero attached hydrogens (tertiary/aromatic N) is 5. The standard InChI is InChI=1S/C22H21N7/c1-14-3-5-16(6-4-14)21-18(17-7-8-20(23)25-11-17)12-26-22(29-21)28-15(2)19-9-10-24-13-27-19/h3-13,15H,1-2H3,(H2,23,25)(H,26,28,29). The van der Waals surface area contributed by atoms with Crippen molar-refractivity contribution in [2.45, 2.75) is 19.9 Å². The predicted molar refractivity (Wildman–Crippen MR) is 114 cm³/mol. The molecule has 3 aromatic heterocycles. The van der Waals surface area contributed by atoms with Gasteiger partial charge in [0.25, 0.3) is 0 Å². The van der Waals surface area contributed by atoms with Crippen LogP contribution in [0.1, 0.15) is 24.2 Å². The molecule has 0 aliphatic rings. The van der Waals surface area contributed by atoms with Crippen molar-refractivity contribution in [1.82, 2.24) is 24.9 Å². The lowest BCUT2D eigenvalue weighted by Crippen LogP contribution is -2.11. The quantitative estimate of drug-likeness (QED) is 0.536. The van der Waals surface area contributed by atoms with Gasteiger partial charge >= 0.3 is 0 Å². The topological polar surface area (TPSA) is 102 Å². The molecule has 144 valence electrons. The van der Waals surface area contributed by atoms with Gasteiger partial charge in [0.15, 0.2) is 0 Å². The SMILES string of the molecule is Cc1ccc(-c2nc(NC(C)c3ccncn3)ncc2-c2ccc(N)nc2)cc1. The minimum absolute atomic E-state index is 0.0621. The van der Waals surface area contributed by atoms with E-state index in [1.54, 1.807) is 18.5 Å². The van der Waals surface area contributed by atoms with Gasteiger partial charge in [-0.1, -0.05) is 29.8 Å². The molecule has 0 amide bonds. The summed E-state index contributed by atoms with van der Waals surface area (Å²) in [5.74, 6) is 1.00. The van der Waals surface area contributed by atoms with Gasteiger partial charge in [-0.25, -0.2) is 24.9 Å². The molecule has 1 aromatic carbocycles. The van der Waals surface area contributed by atoms with Crippen molar-refractivity contribution in [2.24, 2.45) is 0 Å². The highest BCUT2D eigenvalue weighted by molar-refractivity contribution is 5.80. The molecule has 0 aliphatic carbocycles. The molecule has 1 unspecified atom stereocenters. The van der Waals surface area contributed by atoms with Crippen molar-refractivity contribution in [3.05, 3.63) is 78.6 Å². The van der Waals surface area contributed by atoms with Crippen molar-refractivity contribution in [3.8, 4) is 22.4 Å². The van der Waals surface area contributed by atoms with Gasteiger partial charge in [-0.05, 0) is 32.0 Å².